The average Bonchev–Trinajstić information content (AvgIpc) is 3.48. The molecule has 5 rings (SSSR count). The molecule has 1 amide bonds. The molecule has 32 heavy (non-hydrogen) atoms. The third-order valence-corrected chi connectivity index (χ3v) is 6.52. The van der Waals surface area contributed by atoms with E-state index in [9.17, 15) is 9.18 Å². The van der Waals surface area contributed by atoms with Crippen LogP contribution in [0.2, 0.25) is 0 Å². The van der Waals surface area contributed by atoms with Gasteiger partial charge in [0.1, 0.15) is 19.0 Å². The van der Waals surface area contributed by atoms with Crippen LogP contribution < -0.4 is 14.8 Å². The number of benzene rings is 2. The maximum atomic E-state index is 13.0. The molecule has 0 fully saturated rings. The molecule has 11 heteroatoms. The second-order valence-corrected chi connectivity index (χ2v) is 8.88. The molecule has 1 N–H and O–H groups in total. The van der Waals surface area contributed by atoms with Gasteiger partial charge in [-0.3, -0.25) is 10.1 Å². The molecule has 4 aromatic rings. The van der Waals surface area contributed by atoms with Crippen molar-refractivity contribution in [1.82, 2.24) is 15.4 Å². The molecule has 0 spiro atoms. The highest BCUT2D eigenvalue weighted by Gasteiger charge is 2.18. The standard InChI is InChI=1S/C21H15FN4O4S2/c22-14-4-1-12(2-5-14)11-31-21-25-24-20(32-21)23-19(27)15-10-17(30-26-15)13-3-6-16-18(9-13)29-8-7-28-16/h1-6,9-10H,7-8,11H2,(H,23,24,27). The number of hydrogen-bond donors (Lipinski definition) is 1. The first-order valence-electron chi connectivity index (χ1n) is 9.53. The van der Waals surface area contributed by atoms with Gasteiger partial charge in [0.2, 0.25) is 5.13 Å². The van der Waals surface area contributed by atoms with Gasteiger partial charge in [-0.1, -0.05) is 40.4 Å². The zero-order valence-corrected chi connectivity index (χ0v) is 18.0. The number of aromatic nitrogens is 3. The van der Waals surface area contributed by atoms with E-state index < -0.39 is 5.91 Å². The fourth-order valence-corrected chi connectivity index (χ4v) is 4.62. The lowest BCUT2D eigenvalue weighted by molar-refractivity contribution is 0.101. The number of halogens is 1. The molecule has 0 saturated carbocycles. The fourth-order valence-electron chi connectivity index (χ4n) is 2.92. The number of hydrogen-bond acceptors (Lipinski definition) is 9. The number of carbonyl (C=O) groups excluding carboxylic acids is 1. The number of thioether (sulfide) groups is 1. The third-order valence-electron chi connectivity index (χ3n) is 4.47. The van der Waals surface area contributed by atoms with Crippen LogP contribution in [-0.2, 0) is 5.75 Å². The molecule has 3 heterocycles. The Morgan fingerprint density at radius 2 is 1.88 bits per heavy atom. The monoisotopic (exact) mass is 470 g/mol. The van der Waals surface area contributed by atoms with Crippen LogP contribution in [0.4, 0.5) is 9.52 Å². The lowest BCUT2D eigenvalue weighted by atomic mass is 10.1. The first kappa shape index (κ1) is 20.5. The molecule has 8 nitrogen and oxygen atoms in total. The van der Waals surface area contributed by atoms with Crippen molar-refractivity contribution in [3.05, 3.63) is 65.6 Å². The Morgan fingerprint density at radius 3 is 2.72 bits per heavy atom. The summed E-state index contributed by atoms with van der Waals surface area (Å²) in [6, 6.07) is 13.2. The summed E-state index contributed by atoms with van der Waals surface area (Å²) in [4.78, 5) is 12.5. The second-order valence-electron chi connectivity index (χ2n) is 6.68. The van der Waals surface area contributed by atoms with E-state index in [2.05, 4.69) is 20.7 Å². The van der Waals surface area contributed by atoms with E-state index in [1.54, 1.807) is 30.3 Å². The molecule has 0 radical (unpaired) electrons. The van der Waals surface area contributed by atoms with E-state index in [-0.39, 0.29) is 11.5 Å². The Balaban J connectivity index is 1.21. The molecule has 0 bridgehead atoms. The zero-order valence-electron chi connectivity index (χ0n) is 16.4. The minimum atomic E-state index is -0.455. The lowest BCUT2D eigenvalue weighted by Gasteiger charge is -2.18. The van der Waals surface area contributed by atoms with E-state index in [4.69, 9.17) is 14.0 Å². The molecule has 1 aliphatic heterocycles. The van der Waals surface area contributed by atoms with Gasteiger partial charge in [-0.2, -0.15) is 0 Å². The second kappa shape index (κ2) is 8.97. The Morgan fingerprint density at radius 1 is 1.06 bits per heavy atom. The van der Waals surface area contributed by atoms with Crippen molar-refractivity contribution in [1.29, 1.82) is 0 Å². The number of anilines is 1. The number of nitrogens with one attached hydrogen (secondary N) is 1. The maximum absolute atomic E-state index is 13.0. The van der Waals surface area contributed by atoms with Crippen molar-refractivity contribution in [2.24, 2.45) is 0 Å². The number of rotatable bonds is 6. The van der Waals surface area contributed by atoms with E-state index in [1.807, 2.05) is 6.07 Å². The molecule has 162 valence electrons. The number of carbonyl (C=O) groups is 1. The summed E-state index contributed by atoms with van der Waals surface area (Å²) in [5.74, 6) is 1.61. The molecule has 0 atom stereocenters. The molecule has 2 aromatic heterocycles. The van der Waals surface area contributed by atoms with Gasteiger partial charge in [0, 0.05) is 17.4 Å². The summed E-state index contributed by atoms with van der Waals surface area (Å²) >= 11 is 2.69. The first-order chi connectivity index (χ1) is 15.6. The topological polar surface area (TPSA) is 99.4 Å². The van der Waals surface area contributed by atoms with Crippen LogP contribution in [0.1, 0.15) is 16.1 Å². The molecule has 0 unspecified atom stereocenters. The van der Waals surface area contributed by atoms with Crippen molar-refractivity contribution in [3.8, 4) is 22.8 Å². The minimum Gasteiger partial charge on any atom is -0.486 e. The zero-order chi connectivity index (χ0) is 21.9. The third kappa shape index (κ3) is 4.58. The molecular formula is C21H15FN4O4S2. The van der Waals surface area contributed by atoms with Gasteiger partial charge in [0.25, 0.3) is 5.91 Å². The highest BCUT2D eigenvalue weighted by Crippen LogP contribution is 2.35. The van der Waals surface area contributed by atoms with Gasteiger partial charge in [0.15, 0.2) is 27.3 Å². The van der Waals surface area contributed by atoms with Crippen LogP contribution in [0.5, 0.6) is 11.5 Å². The van der Waals surface area contributed by atoms with Crippen LogP contribution in [0.25, 0.3) is 11.3 Å². The van der Waals surface area contributed by atoms with Gasteiger partial charge < -0.3 is 14.0 Å². The van der Waals surface area contributed by atoms with Crippen LogP contribution >= 0.6 is 23.1 Å². The quantitative estimate of drug-likeness (QED) is 0.321. The van der Waals surface area contributed by atoms with Crippen molar-refractivity contribution in [2.75, 3.05) is 18.5 Å². The van der Waals surface area contributed by atoms with E-state index >= 15 is 0 Å². The molecule has 0 saturated heterocycles. The smallest absolute Gasteiger partial charge is 0.279 e. The highest BCUT2D eigenvalue weighted by molar-refractivity contribution is 8.00. The summed E-state index contributed by atoms with van der Waals surface area (Å²) in [5.41, 5.74) is 1.80. The molecular weight excluding hydrogens is 455 g/mol. The Hall–Kier alpha value is -3.44. The number of fused-ring (bicyclic) bond motifs is 1. The normalized spacial score (nSPS) is 12.5. The fraction of sp³-hybridized carbons (Fsp3) is 0.143. The first-order valence-corrected chi connectivity index (χ1v) is 11.3. The van der Waals surface area contributed by atoms with Gasteiger partial charge in [-0.05, 0) is 35.9 Å². The predicted molar refractivity (Wildman–Crippen MR) is 117 cm³/mol. The lowest BCUT2D eigenvalue weighted by Crippen LogP contribution is -2.15. The van der Waals surface area contributed by atoms with Gasteiger partial charge in [0.05, 0.1) is 0 Å². The van der Waals surface area contributed by atoms with Crippen LogP contribution in [0.3, 0.4) is 0 Å². The van der Waals surface area contributed by atoms with Gasteiger partial charge in [-0.15, -0.1) is 10.2 Å². The van der Waals surface area contributed by atoms with Gasteiger partial charge >= 0.3 is 0 Å². The summed E-state index contributed by atoms with van der Waals surface area (Å²) in [7, 11) is 0. The highest BCUT2D eigenvalue weighted by atomic mass is 32.2. The Labute approximate surface area is 189 Å². The SMILES string of the molecule is O=C(Nc1nnc(SCc2ccc(F)cc2)s1)c1cc(-c2ccc3c(c2)OCCO3)on1. The van der Waals surface area contributed by atoms with Crippen LogP contribution in [0, 0.1) is 5.82 Å². The van der Waals surface area contributed by atoms with Crippen molar-refractivity contribution in [3.63, 3.8) is 0 Å². The molecule has 0 aliphatic carbocycles. The number of ether oxygens (including phenoxy) is 2. The predicted octanol–water partition coefficient (Wildman–Crippen LogP) is 4.65. The van der Waals surface area contributed by atoms with Crippen LogP contribution in [-0.4, -0.2) is 34.5 Å². The maximum Gasteiger partial charge on any atom is 0.279 e. The largest absolute Gasteiger partial charge is 0.486 e. The van der Waals surface area contributed by atoms with E-state index in [0.29, 0.717) is 45.7 Å². The Bertz CT molecular complexity index is 1260. The minimum absolute atomic E-state index is 0.116. The van der Waals surface area contributed by atoms with E-state index in [1.165, 1.54) is 35.2 Å². The Kier molecular flexibility index (Phi) is 5.73. The number of amides is 1. The molecule has 2 aromatic carbocycles. The summed E-state index contributed by atoms with van der Waals surface area (Å²) in [6.45, 7) is 0.990. The van der Waals surface area contributed by atoms with Crippen LogP contribution in [0.15, 0.2) is 57.4 Å². The van der Waals surface area contributed by atoms with Gasteiger partial charge in [-0.25, -0.2) is 4.39 Å². The average molecular weight is 471 g/mol. The van der Waals surface area contributed by atoms with Crippen molar-refractivity contribution in [2.45, 2.75) is 10.1 Å². The number of nitrogens with zero attached hydrogens (tertiary/aromatic N) is 3. The summed E-state index contributed by atoms with van der Waals surface area (Å²) < 4.78 is 30.1. The van der Waals surface area contributed by atoms with E-state index in [0.717, 1.165) is 11.1 Å². The van der Waals surface area contributed by atoms with Crippen molar-refractivity contribution < 1.29 is 23.2 Å². The molecule has 1 aliphatic rings. The summed E-state index contributed by atoms with van der Waals surface area (Å²) in [5, 5.41) is 14.9. The summed E-state index contributed by atoms with van der Waals surface area (Å²) in [6.07, 6.45) is 0. The van der Waals surface area contributed by atoms with Crippen molar-refractivity contribution >= 4 is 34.1 Å².